The van der Waals surface area contributed by atoms with Gasteiger partial charge in [0.2, 0.25) is 0 Å². The van der Waals surface area contributed by atoms with Crippen molar-refractivity contribution in [3.05, 3.63) is 34.3 Å². The number of hydrogen-bond acceptors (Lipinski definition) is 2. The van der Waals surface area contributed by atoms with Gasteiger partial charge in [-0.3, -0.25) is 0 Å². The molecule has 2 amide bonds. The third-order valence-electron chi connectivity index (χ3n) is 5.39. The number of carbonyl (C=O) groups excluding carboxylic acids is 1. The van der Waals surface area contributed by atoms with E-state index in [1.54, 1.807) is 0 Å². The summed E-state index contributed by atoms with van der Waals surface area (Å²) in [4.78, 5) is 17.1. The molecule has 3 aliphatic rings. The topological polar surface area (TPSA) is 35.6 Å². The van der Waals surface area contributed by atoms with Crippen LogP contribution in [0.25, 0.3) is 0 Å². The highest BCUT2D eigenvalue weighted by Gasteiger charge is 2.32. The van der Waals surface area contributed by atoms with Crippen LogP contribution in [-0.2, 0) is 13.0 Å². The van der Waals surface area contributed by atoms with Crippen molar-refractivity contribution in [3.8, 4) is 0 Å². The van der Waals surface area contributed by atoms with E-state index in [4.69, 9.17) is 11.6 Å². The first-order valence-corrected chi connectivity index (χ1v) is 9.13. The number of urea groups is 1. The second-order valence-electron chi connectivity index (χ2n) is 7.08. The summed E-state index contributed by atoms with van der Waals surface area (Å²) in [6.07, 6.45) is 5.80. The molecule has 0 unspecified atom stereocenters. The van der Waals surface area contributed by atoms with E-state index < -0.39 is 0 Å². The maximum atomic E-state index is 12.5. The highest BCUT2D eigenvalue weighted by atomic mass is 35.5. The van der Waals surface area contributed by atoms with E-state index in [2.05, 4.69) is 10.2 Å². The molecule has 0 spiro atoms. The van der Waals surface area contributed by atoms with E-state index in [0.29, 0.717) is 12.6 Å². The summed E-state index contributed by atoms with van der Waals surface area (Å²) in [7, 11) is 0. The third-order valence-corrected chi connectivity index (χ3v) is 5.62. The molecular weight excluding hydrogens is 310 g/mol. The molecule has 0 atom stereocenters. The van der Waals surface area contributed by atoms with Crippen molar-refractivity contribution < 1.29 is 4.79 Å². The number of nitrogens with one attached hydrogen (secondary N) is 1. The van der Waals surface area contributed by atoms with Crippen LogP contribution in [0.1, 0.15) is 36.8 Å². The molecule has 0 radical (unpaired) electrons. The quantitative estimate of drug-likeness (QED) is 0.903. The van der Waals surface area contributed by atoms with Crippen LogP contribution >= 0.6 is 11.6 Å². The van der Waals surface area contributed by atoms with Gasteiger partial charge in [0.25, 0.3) is 0 Å². The monoisotopic (exact) mass is 333 g/mol. The smallest absolute Gasteiger partial charge is 0.317 e. The lowest BCUT2D eigenvalue weighted by atomic mass is 10.00. The van der Waals surface area contributed by atoms with Crippen LogP contribution < -0.4 is 5.32 Å². The predicted octanol–water partition coefficient (Wildman–Crippen LogP) is 3.03. The van der Waals surface area contributed by atoms with Crippen molar-refractivity contribution in [2.45, 2.75) is 50.7 Å². The lowest BCUT2D eigenvalue weighted by Crippen LogP contribution is -2.50. The third kappa shape index (κ3) is 3.48. The molecule has 1 aliphatic carbocycles. The number of carbonyl (C=O) groups is 1. The molecule has 23 heavy (non-hydrogen) atoms. The molecule has 2 aliphatic heterocycles. The van der Waals surface area contributed by atoms with Gasteiger partial charge in [0, 0.05) is 43.3 Å². The van der Waals surface area contributed by atoms with Crippen molar-refractivity contribution in [3.63, 3.8) is 0 Å². The fraction of sp³-hybridized carbons (Fsp3) is 0.611. The first-order chi connectivity index (χ1) is 11.2. The Morgan fingerprint density at radius 1 is 1.09 bits per heavy atom. The van der Waals surface area contributed by atoms with Gasteiger partial charge in [-0.25, -0.2) is 4.79 Å². The molecule has 4 rings (SSSR count). The van der Waals surface area contributed by atoms with Gasteiger partial charge < -0.3 is 15.1 Å². The van der Waals surface area contributed by atoms with Crippen LogP contribution in [0.5, 0.6) is 0 Å². The van der Waals surface area contributed by atoms with E-state index in [1.807, 2.05) is 23.1 Å². The summed E-state index contributed by atoms with van der Waals surface area (Å²) in [6, 6.07) is 7.26. The fourth-order valence-electron chi connectivity index (χ4n) is 3.81. The first kappa shape index (κ1) is 15.3. The molecule has 5 heteroatoms. The van der Waals surface area contributed by atoms with Gasteiger partial charge in [-0.05, 0) is 55.4 Å². The number of halogens is 1. The van der Waals surface area contributed by atoms with E-state index in [-0.39, 0.29) is 6.03 Å². The molecule has 1 N–H and O–H groups in total. The Kier molecular flexibility index (Phi) is 4.20. The highest BCUT2D eigenvalue weighted by Crippen LogP contribution is 2.29. The van der Waals surface area contributed by atoms with Crippen LogP contribution in [-0.4, -0.2) is 47.5 Å². The number of piperidine rings is 1. The zero-order valence-electron chi connectivity index (χ0n) is 13.4. The van der Waals surface area contributed by atoms with Crippen molar-refractivity contribution >= 4 is 17.6 Å². The van der Waals surface area contributed by atoms with Gasteiger partial charge in [0.15, 0.2) is 0 Å². The van der Waals surface area contributed by atoms with Crippen molar-refractivity contribution in [1.29, 1.82) is 0 Å². The van der Waals surface area contributed by atoms with Crippen LogP contribution in [0.15, 0.2) is 18.2 Å². The molecular formula is C18H24ClN3O. The number of rotatable bonds is 2. The van der Waals surface area contributed by atoms with Crippen LogP contribution in [0.3, 0.4) is 0 Å². The Balaban J connectivity index is 1.30. The second-order valence-corrected chi connectivity index (χ2v) is 7.51. The average Bonchev–Trinajstić information content (AvgIpc) is 3.40. The Bertz CT molecular complexity index is 594. The van der Waals surface area contributed by atoms with Gasteiger partial charge in [0.1, 0.15) is 0 Å². The van der Waals surface area contributed by atoms with Gasteiger partial charge in [-0.15, -0.1) is 0 Å². The van der Waals surface area contributed by atoms with Gasteiger partial charge in [0.05, 0.1) is 0 Å². The van der Waals surface area contributed by atoms with Crippen molar-refractivity contribution in [1.82, 2.24) is 15.1 Å². The Hall–Kier alpha value is -1.26. The minimum absolute atomic E-state index is 0.0930. The van der Waals surface area contributed by atoms with Crippen molar-refractivity contribution in [2.24, 2.45) is 0 Å². The number of hydrogen-bond donors (Lipinski definition) is 1. The van der Waals surface area contributed by atoms with E-state index in [0.717, 1.165) is 50.0 Å². The molecule has 0 bridgehead atoms. The lowest BCUT2D eigenvalue weighted by molar-refractivity contribution is 0.165. The number of amides is 2. The predicted molar refractivity (Wildman–Crippen MR) is 91.7 cm³/mol. The lowest BCUT2D eigenvalue weighted by Gasteiger charge is -2.35. The largest absolute Gasteiger partial charge is 0.335 e. The Morgan fingerprint density at radius 2 is 1.87 bits per heavy atom. The normalized spacial score (nSPS) is 22.7. The zero-order chi connectivity index (χ0) is 15.8. The van der Waals surface area contributed by atoms with Crippen molar-refractivity contribution in [2.75, 3.05) is 19.6 Å². The van der Waals surface area contributed by atoms with Gasteiger partial charge in [-0.2, -0.15) is 0 Å². The number of benzene rings is 1. The summed E-state index contributed by atoms with van der Waals surface area (Å²) in [5.41, 5.74) is 2.50. The number of likely N-dealkylation sites (tertiary alicyclic amines) is 1. The summed E-state index contributed by atoms with van der Waals surface area (Å²) >= 11 is 6.05. The number of fused-ring (bicyclic) bond motifs is 1. The molecule has 2 heterocycles. The van der Waals surface area contributed by atoms with E-state index >= 15 is 0 Å². The molecule has 4 nitrogen and oxygen atoms in total. The maximum Gasteiger partial charge on any atom is 0.317 e. The molecule has 1 saturated heterocycles. The highest BCUT2D eigenvalue weighted by molar-refractivity contribution is 6.30. The summed E-state index contributed by atoms with van der Waals surface area (Å²) in [6.45, 7) is 3.74. The second kappa shape index (κ2) is 6.33. The van der Waals surface area contributed by atoms with Crippen LogP contribution in [0.4, 0.5) is 4.79 Å². The molecule has 1 aromatic carbocycles. The van der Waals surface area contributed by atoms with Crippen LogP contribution in [0, 0.1) is 0 Å². The standard InChI is InChI=1S/C18H24ClN3O/c19-15-2-1-14-12-22(8-5-13(14)11-15)18(23)20-16-6-9-21(10-7-16)17-3-4-17/h1-2,11,16-17H,3-10,12H2,(H,20,23). The molecule has 2 fully saturated rings. The summed E-state index contributed by atoms with van der Waals surface area (Å²) in [5.74, 6) is 0. The summed E-state index contributed by atoms with van der Waals surface area (Å²) in [5, 5.41) is 4.03. The Morgan fingerprint density at radius 3 is 2.61 bits per heavy atom. The van der Waals surface area contributed by atoms with Gasteiger partial charge >= 0.3 is 6.03 Å². The molecule has 0 aromatic heterocycles. The SMILES string of the molecule is O=C(NC1CCN(C2CC2)CC1)N1CCc2cc(Cl)ccc2C1. The first-order valence-electron chi connectivity index (χ1n) is 8.76. The average molecular weight is 334 g/mol. The number of nitrogens with zero attached hydrogens (tertiary/aromatic N) is 2. The van der Waals surface area contributed by atoms with E-state index in [9.17, 15) is 4.79 Å². The fourth-order valence-corrected chi connectivity index (χ4v) is 4.00. The van der Waals surface area contributed by atoms with Gasteiger partial charge in [-0.1, -0.05) is 17.7 Å². The minimum Gasteiger partial charge on any atom is -0.335 e. The Labute approximate surface area is 142 Å². The zero-order valence-corrected chi connectivity index (χ0v) is 14.2. The molecule has 1 saturated carbocycles. The molecule has 124 valence electrons. The minimum atomic E-state index is 0.0930. The maximum absolute atomic E-state index is 12.5. The summed E-state index contributed by atoms with van der Waals surface area (Å²) < 4.78 is 0. The van der Waals surface area contributed by atoms with Crippen LogP contribution in [0.2, 0.25) is 5.02 Å². The molecule has 1 aromatic rings. The van der Waals surface area contributed by atoms with E-state index in [1.165, 1.54) is 24.0 Å².